The highest BCUT2D eigenvalue weighted by atomic mass is 35.5. The highest BCUT2D eigenvalue weighted by Gasteiger charge is 2.42. The number of ether oxygens (including phenoxy) is 1. The number of nitrogens with two attached hydrogens (primary N) is 1. The van der Waals surface area contributed by atoms with Crippen LogP contribution in [0.15, 0.2) is 36.8 Å². The first-order chi connectivity index (χ1) is 18.4. The maximum Gasteiger partial charge on any atom is 0.333 e. The molecule has 1 aliphatic heterocycles. The highest BCUT2D eigenvalue weighted by Crippen LogP contribution is 2.46. The number of thiophene rings is 1. The molecule has 9 nitrogen and oxygen atoms in total. The highest BCUT2D eigenvalue weighted by molar-refractivity contribution is 7.84. The Balaban J connectivity index is 1.36. The van der Waals surface area contributed by atoms with Crippen LogP contribution in [0, 0.1) is 12.8 Å². The van der Waals surface area contributed by atoms with Crippen LogP contribution in [-0.2, 0) is 25.1 Å². The van der Waals surface area contributed by atoms with Gasteiger partial charge in [0, 0.05) is 27.7 Å². The lowest BCUT2D eigenvalue weighted by Gasteiger charge is -2.32. The molecule has 3 heterocycles. The number of nitrogens with one attached hydrogen (secondary N) is 1. The van der Waals surface area contributed by atoms with Crippen LogP contribution in [0.2, 0.25) is 5.02 Å². The van der Waals surface area contributed by atoms with Crippen molar-refractivity contribution in [2.45, 2.75) is 44.3 Å². The van der Waals surface area contributed by atoms with Gasteiger partial charge in [-0.25, -0.2) is 15.1 Å². The minimum absolute atomic E-state index is 0.00661. The molecule has 0 radical (unpaired) electrons. The lowest BCUT2D eigenvalue weighted by atomic mass is 9.91. The summed E-state index contributed by atoms with van der Waals surface area (Å²) in [5.41, 5.74) is 0.997. The van der Waals surface area contributed by atoms with Gasteiger partial charge in [-0.15, -0.1) is 11.3 Å². The molecular weight excluding hydrogens is 574 g/mol. The van der Waals surface area contributed by atoms with Crippen LogP contribution in [0.5, 0.6) is 0 Å². The standard InChI is InChI=1S/C25H25ClF2N4O5S2/c1-13-17(23-18-7-15(26)3-5-20(18)25(27,28)11-36-23)8-21(38-13)22(33)19-9-30-12-31-24(19)32-16-4-2-14(6-16)10-37-39(29,34)35/h3,5,7-9,12,14,16,23H,2,4,6,10-11H2,1H3,(H2,29,34,35)(H,30,31,32)/t14-,16+,23?/m1/s1. The third-order valence-corrected chi connectivity index (χ3v) is 8.66. The van der Waals surface area contributed by atoms with Gasteiger partial charge >= 0.3 is 10.3 Å². The predicted octanol–water partition coefficient (Wildman–Crippen LogP) is 4.74. The number of ketones is 1. The normalized spacial score (nSPS) is 22.4. The zero-order valence-electron chi connectivity index (χ0n) is 20.7. The van der Waals surface area contributed by atoms with Crippen molar-refractivity contribution in [2.24, 2.45) is 11.1 Å². The molecule has 208 valence electrons. The number of carbonyl (C=O) groups excluding carboxylic acids is 1. The minimum Gasteiger partial charge on any atom is -0.367 e. The molecule has 3 N–H and O–H groups in total. The molecule has 3 atom stereocenters. The maximum absolute atomic E-state index is 14.5. The smallest absolute Gasteiger partial charge is 0.333 e. The van der Waals surface area contributed by atoms with E-state index in [1.165, 1.54) is 42.1 Å². The quantitative estimate of drug-likeness (QED) is 0.355. The molecule has 1 aromatic carbocycles. The van der Waals surface area contributed by atoms with Crippen LogP contribution in [0.25, 0.3) is 0 Å². The monoisotopic (exact) mass is 598 g/mol. The second-order valence-corrected chi connectivity index (χ2v) is 12.6. The Morgan fingerprint density at radius 1 is 1.31 bits per heavy atom. The second kappa shape index (κ2) is 10.8. The van der Waals surface area contributed by atoms with Crippen molar-refractivity contribution in [3.8, 4) is 0 Å². The SMILES string of the molecule is Cc1sc(C(=O)c2cncnc2N[C@H]2CC[C@@H](COS(N)(=O)=O)C2)cc1C1OCC(F)(F)c2ccc(Cl)cc21. The Morgan fingerprint density at radius 2 is 2.10 bits per heavy atom. The lowest BCUT2D eigenvalue weighted by Crippen LogP contribution is -2.31. The number of aromatic nitrogens is 2. The van der Waals surface area contributed by atoms with Crippen LogP contribution in [0.1, 0.15) is 62.2 Å². The third kappa shape index (κ3) is 6.13. The van der Waals surface area contributed by atoms with Crippen LogP contribution >= 0.6 is 22.9 Å². The van der Waals surface area contributed by atoms with E-state index < -0.39 is 28.9 Å². The van der Waals surface area contributed by atoms with Gasteiger partial charge in [-0.2, -0.15) is 17.2 Å². The first-order valence-electron chi connectivity index (χ1n) is 12.1. The van der Waals surface area contributed by atoms with E-state index in [4.69, 9.17) is 25.7 Å². The van der Waals surface area contributed by atoms with Gasteiger partial charge in [0.2, 0.25) is 5.78 Å². The fourth-order valence-electron chi connectivity index (χ4n) is 5.05. The van der Waals surface area contributed by atoms with E-state index in [2.05, 4.69) is 15.3 Å². The molecule has 14 heteroatoms. The van der Waals surface area contributed by atoms with Crippen molar-refractivity contribution in [1.82, 2.24) is 9.97 Å². The van der Waals surface area contributed by atoms with Gasteiger partial charge < -0.3 is 10.1 Å². The number of halogens is 3. The van der Waals surface area contributed by atoms with Crippen molar-refractivity contribution in [3.05, 3.63) is 73.8 Å². The summed E-state index contributed by atoms with van der Waals surface area (Å²) in [6, 6.07) is 5.82. The summed E-state index contributed by atoms with van der Waals surface area (Å²) in [5, 5.41) is 8.50. The molecule has 1 unspecified atom stereocenters. The third-order valence-electron chi connectivity index (χ3n) is 6.89. The summed E-state index contributed by atoms with van der Waals surface area (Å²) in [7, 11) is -4.01. The van der Waals surface area contributed by atoms with Gasteiger partial charge in [0.05, 0.1) is 17.0 Å². The Morgan fingerprint density at radius 3 is 2.87 bits per heavy atom. The molecular formula is C25H25ClF2N4O5S2. The van der Waals surface area contributed by atoms with Crippen LogP contribution in [0.3, 0.4) is 0 Å². The van der Waals surface area contributed by atoms with E-state index in [-0.39, 0.29) is 41.0 Å². The molecule has 2 aromatic heterocycles. The van der Waals surface area contributed by atoms with E-state index >= 15 is 0 Å². The summed E-state index contributed by atoms with van der Waals surface area (Å²) in [4.78, 5) is 23.0. The number of nitrogens with zero attached hydrogens (tertiary/aromatic N) is 2. The van der Waals surface area contributed by atoms with Gasteiger partial charge in [-0.3, -0.25) is 8.98 Å². The average molecular weight is 599 g/mol. The summed E-state index contributed by atoms with van der Waals surface area (Å²) in [5.74, 6) is -3.13. The summed E-state index contributed by atoms with van der Waals surface area (Å²) < 4.78 is 61.5. The Labute approximate surface area is 233 Å². The number of aryl methyl sites for hydroxylation is 1. The molecule has 0 bridgehead atoms. The zero-order valence-corrected chi connectivity index (χ0v) is 23.1. The van der Waals surface area contributed by atoms with E-state index in [1.807, 2.05) is 0 Å². The number of benzene rings is 1. The number of alkyl halides is 2. The molecule has 39 heavy (non-hydrogen) atoms. The molecule has 1 fully saturated rings. The lowest BCUT2D eigenvalue weighted by molar-refractivity contribution is -0.115. The number of hydrogen-bond donors (Lipinski definition) is 2. The van der Waals surface area contributed by atoms with Crippen molar-refractivity contribution >= 4 is 44.8 Å². The fraction of sp³-hybridized carbons (Fsp3) is 0.400. The van der Waals surface area contributed by atoms with Crippen molar-refractivity contribution < 1.29 is 30.9 Å². The van der Waals surface area contributed by atoms with Gasteiger partial charge in [-0.05, 0) is 61.4 Å². The number of anilines is 1. The summed E-state index contributed by atoms with van der Waals surface area (Å²) in [6.45, 7) is 1.02. The Bertz CT molecular complexity index is 1520. The van der Waals surface area contributed by atoms with Crippen molar-refractivity contribution in [3.63, 3.8) is 0 Å². The molecule has 0 spiro atoms. The van der Waals surface area contributed by atoms with E-state index in [1.54, 1.807) is 13.0 Å². The Kier molecular flexibility index (Phi) is 7.74. The van der Waals surface area contributed by atoms with E-state index in [0.717, 1.165) is 17.7 Å². The maximum atomic E-state index is 14.5. The minimum atomic E-state index is -4.01. The first kappa shape index (κ1) is 28.0. The second-order valence-electron chi connectivity index (χ2n) is 9.66. The number of rotatable bonds is 8. The molecule has 1 aliphatic carbocycles. The zero-order chi connectivity index (χ0) is 27.9. The fourth-order valence-corrected chi connectivity index (χ4v) is 6.62. The largest absolute Gasteiger partial charge is 0.367 e. The van der Waals surface area contributed by atoms with Crippen LogP contribution in [0.4, 0.5) is 14.6 Å². The number of hydrogen-bond acceptors (Lipinski definition) is 9. The van der Waals surface area contributed by atoms with Crippen molar-refractivity contribution in [1.29, 1.82) is 0 Å². The number of fused-ring (bicyclic) bond motifs is 1. The average Bonchev–Trinajstić information content (AvgIpc) is 3.48. The van der Waals surface area contributed by atoms with E-state index in [0.29, 0.717) is 27.7 Å². The van der Waals surface area contributed by atoms with E-state index in [9.17, 15) is 22.0 Å². The van der Waals surface area contributed by atoms with Gasteiger partial charge in [0.15, 0.2) is 0 Å². The van der Waals surface area contributed by atoms with Crippen LogP contribution < -0.4 is 10.5 Å². The topological polar surface area (TPSA) is 133 Å². The summed E-state index contributed by atoms with van der Waals surface area (Å²) in [6.07, 6.45) is 4.02. The molecule has 0 amide bonds. The molecule has 1 saturated carbocycles. The van der Waals surface area contributed by atoms with Gasteiger partial charge in [-0.1, -0.05) is 17.7 Å². The number of carbonyl (C=O) groups is 1. The molecule has 2 aliphatic rings. The van der Waals surface area contributed by atoms with Gasteiger partial charge in [0.1, 0.15) is 24.9 Å². The van der Waals surface area contributed by atoms with Crippen LogP contribution in [-0.4, -0.2) is 43.4 Å². The molecule has 5 rings (SSSR count). The Hall–Kier alpha value is -2.55. The summed E-state index contributed by atoms with van der Waals surface area (Å²) >= 11 is 7.35. The molecule has 3 aromatic rings. The first-order valence-corrected chi connectivity index (χ1v) is 14.8. The predicted molar refractivity (Wildman–Crippen MR) is 141 cm³/mol. The van der Waals surface area contributed by atoms with Gasteiger partial charge in [0.25, 0.3) is 5.92 Å². The van der Waals surface area contributed by atoms with Crippen molar-refractivity contribution in [2.75, 3.05) is 18.5 Å². The molecule has 0 saturated heterocycles.